The molecule has 2 aliphatic rings. The summed E-state index contributed by atoms with van der Waals surface area (Å²) in [5, 5.41) is 2.66. The van der Waals surface area contributed by atoms with E-state index in [1.807, 2.05) is 23.5 Å². The van der Waals surface area contributed by atoms with Crippen molar-refractivity contribution in [2.45, 2.75) is 38.8 Å². The smallest absolute Gasteiger partial charge is 0.0715 e. The third-order valence-electron chi connectivity index (χ3n) is 11.2. The molecule has 1 aliphatic carbocycles. The van der Waals surface area contributed by atoms with Gasteiger partial charge in [-0.15, -0.1) is 0 Å². The topological polar surface area (TPSA) is 17.8 Å². The zero-order valence-corrected chi connectivity index (χ0v) is 31.5. The number of fused-ring (bicyclic) bond motifs is 9. The summed E-state index contributed by atoms with van der Waals surface area (Å²) in [6.45, 7) is 4.79. The molecule has 0 N–H and O–H groups in total. The summed E-state index contributed by atoms with van der Waals surface area (Å²) in [5.74, 6) is 0. The lowest BCUT2D eigenvalue weighted by Crippen LogP contribution is -2.15. The second-order valence-corrected chi connectivity index (χ2v) is 16.9. The maximum atomic E-state index is 5.22. The van der Waals surface area contributed by atoms with Gasteiger partial charge in [0, 0.05) is 52.6 Å². The monoisotopic (exact) mass is 726 g/mol. The van der Waals surface area contributed by atoms with Gasteiger partial charge in [-0.3, -0.25) is 0 Å². The number of hydrogen-bond donors (Lipinski definition) is 0. The van der Waals surface area contributed by atoms with Crippen LogP contribution in [0.5, 0.6) is 0 Å². The summed E-state index contributed by atoms with van der Waals surface area (Å²) < 4.78 is 2.49. The molecule has 11 rings (SSSR count). The first-order chi connectivity index (χ1) is 26.5. The number of hydrogen-bond acceptors (Lipinski definition) is 3. The van der Waals surface area contributed by atoms with Gasteiger partial charge in [0.15, 0.2) is 0 Å². The predicted octanol–water partition coefficient (Wildman–Crippen LogP) is 14.1. The average molecular weight is 727 g/mol. The molecule has 9 aromatic rings. The second kappa shape index (κ2) is 12.1. The van der Waals surface area contributed by atoms with Crippen molar-refractivity contribution in [2.24, 2.45) is 0 Å². The standard InChI is InChI=1S/C50H34N2S2/c1-50(2)39-18-10-9-17-36(39)37-25-26-42-48(49(37)50)38-29-46-47(54-45-20-12-11-19-44(45)53-46)30-43(38)52(42)35-23-21-33(22-24-35)41-28-34(31-13-5-3-6-14-31)27-40(51-41)32-15-7-4-8-16-32/h3-30H,1-2H3. The summed E-state index contributed by atoms with van der Waals surface area (Å²) in [6.07, 6.45) is 0. The van der Waals surface area contributed by atoms with E-state index in [2.05, 4.69) is 188 Å². The Morgan fingerprint density at radius 1 is 0.463 bits per heavy atom. The van der Waals surface area contributed by atoms with Gasteiger partial charge in [0.25, 0.3) is 0 Å². The maximum absolute atomic E-state index is 5.22. The van der Waals surface area contributed by atoms with Gasteiger partial charge in [-0.05, 0) is 88.0 Å². The minimum Gasteiger partial charge on any atom is -0.309 e. The van der Waals surface area contributed by atoms with Gasteiger partial charge < -0.3 is 4.57 Å². The van der Waals surface area contributed by atoms with E-state index < -0.39 is 0 Å². The lowest BCUT2D eigenvalue weighted by Gasteiger charge is -2.23. The Balaban J connectivity index is 1.11. The first-order valence-electron chi connectivity index (χ1n) is 18.5. The van der Waals surface area contributed by atoms with E-state index in [1.165, 1.54) is 69.2 Å². The van der Waals surface area contributed by atoms with Crippen molar-refractivity contribution in [2.75, 3.05) is 0 Å². The van der Waals surface area contributed by atoms with Gasteiger partial charge in [0.1, 0.15) is 0 Å². The van der Waals surface area contributed by atoms with Crippen LogP contribution in [0.1, 0.15) is 25.0 Å². The van der Waals surface area contributed by atoms with Crippen molar-refractivity contribution in [3.63, 3.8) is 0 Å². The van der Waals surface area contributed by atoms with Crippen LogP contribution in [-0.2, 0) is 5.41 Å². The molecule has 0 saturated heterocycles. The molecule has 0 amide bonds. The van der Waals surface area contributed by atoms with Crippen LogP contribution in [0.4, 0.5) is 0 Å². The molecule has 3 heterocycles. The van der Waals surface area contributed by atoms with Crippen LogP contribution in [0.2, 0.25) is 0 Å². The molecule has 0 atom stereocenters. The summed E-state index contributed by atoms with van der Waals surface area (Å²) in [7, 11) is 0. The largest absolute Gasteiger partial charge is 0.309 e. The molecule has 0 spiro atoms. The van der Waals surface area contributed by atoms with Crippen molar-refractivity contribution in [3.8, 4) is 50.5 Å². The van der Waals surface area contributed by atoms with E-state index in [-0.39, 0.29) is 5.41 Å². The first kappa shape index (κ1) is 31.7. The third-order valence-corrected chi connectivity index (χ3v) is 13.7. The Labute approximate surface area is 323 Å². The van der Waals surface area contributed by atoms with Gasteiger partial charge in [0.2, 0.25) is 0 Å². The van der Waals surface area contributed by atoms with Gasteiger partial charge in [-0.1, -0.05) is 153 Å². The van der Waals surface area contributed by atoms with Crippen LogP contribution in [-0.4, -0.2) is 9.55 Å². The lowest BCUT2D eigenvalue weighted by molar-refractivity contribution is 0.666. The minimum absolute atomic E-state index is 0.134. The molecule has 54 heavy (non-hydrogen) atoms. The van der Waals surface area contributed by atoms with Crippen molar-refractivity contribution >= 4 is 45.3 Å². The Kier molecular flexibility index (Phi) is 7.11. The predicted molar refractivity (Wildman–Crippen MR) is 227 cm³/mol. The number of nitrogens with zero attached hydrogens (tertiary/aromatic N) is 2. The van der Waals surface area contributed by atoms with E-state index in [1.54, 1.807) is 0 Å². The fourth-order valence-electron chi connectivity index (χ4n) is 8.69. The Hall–Kier alpha value is -5.81. The zero-order chi connectivity index (χ0) is 36.0. The fraction of sp³-hybridized carbons (Fsp3) is 0.0600. The molecule has 2 aromatic heterocycles. The van der Waals surface area contributed by atoms with Gasteiger partial charge in [0.05, 0.1) is 22.4 Å². The maximum Gasteiger partial charge on any atom is 0.0715 e. The minimum atomic E-state index is -0.134. The molecule has 4 heteroatoms. The van der Waals surface area contributed by atoms with E-state index in [9.17, 15) is 0 Å². The highest BCUT2D eigenvalue weighted by Gasteiger charge is 2.38. The molecule has 0 unspecified atom stereocenters. The van der Waals surface area contributed by atoms with Crippen LogP contribution in [0.25, 0.3) is 72.3 Å². The quantitative estimate of drug-likeness (QED) is 0.180. The van der Waals surface area contributed by atoms with Gasteiger partial charge in [-0.25, -0.2) is 4.98 Å². The van der Waals surface area contributed by atoms with Crippen molar-refractivity contribution in [1.82, 2.24) is 9.55 Å². The summed E-state index contributed by atoms with van der Waals surface area (Å²) in [5.41, 5.74) is 15.5. The van der Waals surface area contributed by atoms with Crippen molar-refractivity contribution in [3.05, 3.63) is 181 Å². The molecule has 0 fully saturated rings. The van der Waals surface area contributed by atoms with Crippen LogP contribution >= 0.6 is 23.5 Å². The summed E-state index contributed by atoms with van der Waals surface area (Å²) >= 11 is 3.78. The van der Waals surface area contributed by atoms with Crippen molar-refractivity contribution in [1.29, 1.82) is 0 Å². The van der Waals surface area contributed by atoms with Crippen LogP contribution in [0, 0.1) is 0 Å². The SMILES string of the molecule is CC1(C)c2ccccc2-c2ccc3c(c21)c1cc2c(cc1n3-c1ccc(-c3cc(-c4ccccc4)cc(-c4ccccc4)n3)cc1)Sc1ccccc1S2. The number of rotatable bonds is 4. The Bertz CT molecular complexity index is 2880. The molecule has 0 radical (unpaired) electrons. The normalized spacial score (nSPS) is 13.7. The summed E-state index contributed by atoms with van der Waals surface area (Å²) in [4.78, 5) is 10.5. The third kappa shape index (κ3) is 4.87. The number of pyridine rings is 1. The highest BCUT2D eigenvalue weighted by molar-refractivity contribution is 8.05. The van der Waals surface area contributed by atoms with Crippen molar-refractivity contribution < 1.29 is 0 Å². The summed E-state index contributed by atoms with van der Waals surface area (Å²) in [6, 6.07) is 61.9. The Morgan fingerprint density at radius 2 is 1.06 bits per heavy atom. The molecule has 1 aliphatic heterocycles. The molecular weight excluding hydrogens is 693 g/mol. The molecule has 0 bridgehead atoms. The number of benzene rings is 7. The van der Waals surface area contributed by atoms with E-state index in [0.717, 1.165) is 33.8 Å². The average Bonchev–Trinajstić information content (AvgIpc) is 3.67. The molecule has 7 aromatic carbocycles. The van der Waals surface area contributed by atoms with E-state index >= 15 is 0 Å². The zero-order valence-electron chi connectivity index (χ0n) is 29.9. The van der Waals surface area contributed by atoms with Crippen LogP contribution < -0.4 is 0 Å². The molecule has 0 saturated carbocycles. The van der Waals surface area contributed by atoms with E-state index in [0.29, 0.717) is 0 Å². The van der Waals surface area contributed by atoms with Crippen LogP contribution in [0.3, 0.4) is 0 Å². The molecular formula is C50H34N2S2. The van der Waals surface area contributed by atoms with Gasteiger partial charge >= 0.3 is 0 Å². The number of aromatic nitrogens is 2. The van der Waals surface area contributed by atoms with Crippen LogP contribution in [0.15, 0.2) is 189 Å². The highest BCUT2D eigenvalue weighted by Crippen LogP contribution is 2.55. The molecule has 256 valence electrons. The first-order valence-corrected chi connectivity index (χ1v) is 20.1. The second-order valence-electron chi connectivity index (χ2n) is 14.8. The highest BCUT2D eigenvalue weighted by atomic mass is 32.2. The molecule has 2 nitrogen and oxygen atoms in total. The lowest BCUT2D eigenvalue weighted by atomic mass is 9.80. The van der Waals surface area contributed by atoms with Gasteiger partial charge in [-0.2, -0.15) is 0 Å². The fourth-order valence-corrected chi connectivity index (χ4v) is 11.0. The van der Waals surface area contributed by atoms with E-state index in [4.69, 9.17) is 4.98 Å². The Morgan fingerprint density at radius 3 is 1.76 bits per heavy atom.